The third-order valence-electron chi connectivity index (χ3n) is 5.13. The van der Waals surface area contributed by atoms with Gasteiger partial charge in [-0.3, -0.25) is 4.79 Å². The van der Waals surface area contributed by atoms with Crippen LogP contribution in [0.2, 0.25) is 0 Å². The van der Waals surface area contributed by atoms with E-state index in [1.54, 1.807) is 23.0 Å². The van der Waals surface area contributed by atoms with E-state index in [4.69, 9.17) is 0 Å². The monoisotopic (exact) mass is 328 g/mol. The summed E-state index contributed by atoms with van der Waals surface area (Å²) in [6.45, 7) is 1.86. The molecular formula is C18H21FN4O. The first-order valence-electron chi connectivity index (χ1n) is 8.47. The summed E-state index contributed by atoms with van der Waals surface area (Å²) < 4.78 is 14.7. The molecule has 3 heterocycles. The van der Waals surface area contributed by atoms with Gasteiger partial charge in [0.1, 0.15) is 5.82 Å². The Labute approximate surface area is 140 Å². The Morgan fingerprint density at radius 2 is 1.92 bits per heavy atom. The van der Waals surface area contributed by atoms with E-state index in [1.807, 2.05) is 6.92 Å². The molecule has 2 aliphatic rings. The minimum absolute atomic E-state index is 0.0767. The van der Waals surface area contributed by atoms with E-state index in [-0.39, 0.29) is 17.8 Å². The first-order chi connectivity index (χ1) is 11.6. The molecule has 2 atom stereocenters. The van der Waals surface area contributed by atoms with Crippen LogP contribution in [0, 0.1) is 12.7 Å². The van der Waals surface area contributed by atoms with Crippen molar-refractivity contribution in [3.8, 4) is 5.69 Å². The third kappa shape index (κ3) is 2.82. The molecule has 1 amide bonds. The molecule has 2 fully saturated rings. The van der Waals surface area contributed by atoms with Crippen molar-refractivity contribution in [3.63, 3.8) is 0 Å². The van der Waals surface area contributed by atoms with Crippen molar-refractivity contribution in [2.75, 3.05) is 0 Å². The van der Waals surface area contributed by atoms with Crippen LogP contribution in [0.1, 0.15) is 41.7 Å². The van der Waals surface area contributed by atoms with Crippen LogP contribution in [0.5, 0.6) is 0 Å². The van der Waals surface area contributed by atoms with Gasteiger partial charge in [0.2, 0.25) is 0 Å². The predicted octanol–water partition coefficient (Wildman–Crippen LogP) is 2.33. The Balaban J connectivity index is 1.50. The second-order valence-electron chi connectivity index (χ2n) is 6.81. The van der Waals surface area contributed by atoms with Crippen LogP contribution < -0.4 is 10.6 Å². The number of fused-ring (bicyclic) bond motifs is 2. The van der Waals surface area contributed by atoms with Crippen molar-refractivity contribution < 1.29 is 9.18 Å². The molecule has 6 heteroatoms. The molecule has 1 aromatic heterocycles. The van der Waals surface area contributed by atoms with Crippen LogP contribution in [0.4, 0.5) is 4.39 Å². The number of nitrogens with one attached hydrogen (secondary N) is 2. The standard InChI is InChI=1S/C18H21FN4O/c1-11-17(10-20-23(11)16-6-2-12(19)3-7-16)18(24)22-15-8-13-4-5-14(9-15)21-13/h2-3,6-7,10,13-15,21H,4-5,8-9H2,1H3,(H,22,24). The van der Waals surface area contributed by atoms with E-state index in [9.17, 15) is 9.18 Å². The van der Waals surface area contributed by atoms with E-state index in [0.29, 0.717) is 17.6 Å². The van der Waals surface area contributed by atoms with Gasteiger partial charge in [0.05, 0.1) is 23.1 Å². The molecule has 1 aromatic carbocycles. The SMILES string of the molecule is Cc1c(C(=O)NC2CC3CCC(C2)N3)cnn1-c1ccc(F)cc1. The fourth-order valence-corrected chi connectivity index (χ4v) is 3.91. The number of nitrogens with zero attached hydrogens (tertiary/aromatic N) is 2. The topological polar surface area (TPSA) is 59.0 Å². The average molecular weight is 328 g/mol. The molecule has 24 heavy (non-hydrogen) atoms. The van der Waals surface area contributed by atoms with Gasteiger partial charge in [-0.1, -0.05) is 0 Å². The quantitative estimate of drug-likeness (QED) is 0.909. The molecule has 4 rings (SSSR count). The molecule has 126 valence electrons. The molecule has 2 aromatic rings. The maximum absolute atomic E-state index is 13.1. The number of benzene rings is 1. The Morgan fingerprint density at radius 3 is 2.58 bits per heavy atom. The van der Waals surface area contributed by atoms with E-state index < -0.39 is 0 Å². The zero-order valence-corrected chi connectivity index (χ0v) is 13.6. The Hall–Kier alpha value is -2.21. The van der Waals surface area contributed by atoms with Crippen LogP contribution in [0.3, 0.4) is 0 Å². The lowest BCUT2D eigenvalue weighted by Crippen LogP contribution is -2.48. The van der Waals surface area contributed by atoms with E-state index in [2.05, 4.69) is 15.7 Å². The zero-order chi connectivity index (χ0) is 16.7. The van der Waals surface area contributed by atoms with Gasteiger partial charge in [0, 0.05) is 18.1 Å². The summed E-state index contributed by atoms with van der Waals surface area (Å²) in [7, 11) is 0. The maximum atomic E-state index is 13.1. The van der Waals surface area contributed by atoms with Gasteiger partial charge in [-0.25, -0.2) is 9.07 Å². The molecule has 0 radical (unpaired) electrons. The molecule has 2 saturated heterocycles. The first-order valence-corrected chi connectivity index (χ1v) is 8.47. The maximum Gasteiger partial charge on any atom is 0.254 e. The Kier molecular flexibility index (Phi) is 3.84. The zero-order valence-electron chi connectivity index (χ0n) is 13.6. The van der Waals surface area contributed by atoms with Crippen molar-refractivity contribution in [3.05, 3.63) is 47.5 Å². The minimum Gasteiger partial charge on any atom is -0.349 e. The summed E-state index contributed by atoms with van der Waals surface area (Å²) in [6.07, 6.45) is 5.99. The number of piperidine rings is 1. The highest BCUT2D eigenvalue weighted by Crippen LogP contribution is 2.27. The highest BCUT2D eigenvalue weighted by atomic mass is 19.1. The van der Waals surface area contributed by atoms with Crippen LogP contribution in [0.15, 0.2) is 30.5 Å². The van der Waals surface area contributed by atoms with Gasteiger partial charge < -0.3 is 10.6 Å². The lowest BCUT2D eigenvalue weighted by atomic mass is 9.99. The predicted molar refractivity (Wildman–Crippen MR) is 88.7 cm³/mol. The summed E-state index contributed by atoms with van der Waals surface area (Å²) in [5.74, 6) is -0.366. The minimum atomic E-state index is -0.290. The summed E-state index contributed by atoms with van der Waals surface area (Å²) >= 11 is 0. The number of halogens is 1. The van der Waals surface area contributed by atoms with Crippen LogP contribution in [-0.4, -0.2) is 33.8 Å². The smallest absolute Gasteiger partial charge is 0.254 e. The van der Waals surface area contributed by atoms with E-state index >= 15 is 0 Å². The highest BCUT2D eigenvalue weighted by Gasteiger charge is 2.34. The van der Waals surface area contributed by atoms with Gasteiger partial charge in [0.25, 0.3) is 5.91 Å². The number of aromatic nitrogens is 2. The molecule has 5 nitrogen and oxygen atoms in total. The summed E-state index contributed by atoms with van der Waals surface area (Å²) in [6, 6.07) is 7.39. The largest absolute Gasteiger partial charge is 0.349 e. The number of rotatable bonds is 3. The summed E-state index contributed by atoms with van der Waals surface area (Å²) in [5, 5.41) is 11.0. The van der Waals surface area contributed by atoms with Gasteiger partial charge in [-0.2, -0.15) is 5.10 Å². The fraction of sp³-hybridized carbons (Fsp3) is 0.444. The summed E-state index contributed by atoms with van der Waals surface area (Å²) in [5.41, 5.74) is 2.08. The van der Waals surface area contributed by atoms with Gasteiger partial charge in [-0.05, 0) is 56.9 Å². The number of carbonyl (C=O) groups is 1. The van der Waals surface area contributed by atoms with Crippen molar-refractivity contribution in [1.82, 2.24) is 20.4 Å². The second-order valence-corrected chi connectivity index (χ2v) is 6.81. The van der Waals surface area contributed by atoms with Gasteiger partial charge in [0.15, 0.2) is 0 Å². The average Bonchev–Trinajstić information content (AvgIpc) is 3.11. The van der Waals surface area contributed by atoms with Crippen molar-refractivity contribution in [2.24, 2.45) is 0 Å². The molecule has 2 bridgehead atoms. The number of carbonyl (C=O) groups excluding carboxylic acids is 1. The number of hydrogen-bond acceptors (Lipinski definition) is 3. The van der Waals surface area contributed by atoms with Crippen LogP contribution >= 0.6 is 0 Å². The molecule has 0 saturated carbocycles. The van der Waals surface area contributed by atoms with Gasteiger partial charge in [-0.15, -0.1) is 0 Å². The lowest BCUT2D eigenvalue weighted by molar-refractivity contribution is 0.0923. The van der Waals surface area contributed by atoms with Crippen molar-refractivity contribution >= 4 is 5.91 Å². The Bertz CT molecular complexity index is 743. The molecular weight excluding hydrogens is 307 g/mol. The summed E-state index contributed by atoms with van der Waals surface area (Å²) in [4.78, 5) is 12.6. The molecule has 2 N–H and O–H groups in total. The highest BCUT2D eigenvalue weighted by molar-refractivity contribution is 5.95. The molecule has 0 spiro atoms. The third-order valence-corrected chi connectivity index (χ3v) is 5.13. The van der Waals surface area contributed by atoms with Crippen LogP contribution in [-0.2, 0) is 0 Å². The second kappa shape index (κ2) is 6.02. The van der Waals surface area contributed by atoms with Crippen molar-refractivity contribution in [1.29, 1.82) is 0 Å². The number of hydrogen-bond donors (Lipinski definition) is 2. The first kappa shape index (κ1) is 15.3. The molecule has 2 aliphatic heterocycles. The molecule has 2 unspecified atom stereocenters. The lowest BCUT2D eigenvalue weighted by Gasteiger charge is -2.29. The van der Waals surface area contributed by atoms with Crippen LogP contribution in [0.25, 0.3) is 5.69 Å². The van der Waals surface area contributed by atoms with Crippen molar-refractivity contribution in [2.45, 2.75) is 50.7 Å². The molecule has 0 aliphatic carbocycles. The van der Waals surface area contributed by atoms with E-state index in [1.165, 1.54) is 25.0 Å². The fourth-order valence-electron chi connectivity index (χ4n) is 3.91. The number of amides is 1. The Morgan fingerprint density at radius 1 is 1.25 bits per heavy atom. The normalized spacial score (nSPS) is 25.7. The van der Waals surface area contributed by atoms with Gasteiger partial charge >= 0.3 is 0 Å². The van der Waals surface area contributed by atoms with E-state index in [0.717, 1.165) is 24.2 Å².